The molecule has 0 unspecified atom stereocenters. The first kappa shape index (κ1) is 57.3. The van der Waals surface area contributed by atoms with Crippen molar-refractivity contribution in [1.29, 1.82) is 0 Å². The van der Waals surface area contributed by atoms with E-state index in [9.17, 15) is 0 Å². The van der Waals surface area contributed by atoms with E-state index in [1.165, 1.54) is 147 Å². The van der Waals surface area contributed by atoms with Crippen LogP contribution in [0.1, 0.15) is 218 Å². The second kappa shape index (κ2) is 18.6. The van der Waals surface area contributed by atoms with Gasteiger partial charge in [-0.1, -0.05) is 204 Å². The minimum atomic E-state index is -0.164. The van der Waals surface area contributed by atoms with E-state index in [0.717, 1.165) is 18.5 Å². The quantitative estimate of drug-likeness (QED) is 0.159. The second-order valence-electron chi connectivity index (χ2n) is 33.0. The van der Waals surface area contributed by atoms with E-state index in [0.29, 0.717) is 0 Å². The maximum atomic E-state index is 2.71. The molecule has 8 aromatic carbocycles. The Morgan fingerprint density at radius 2 is 0.918 bits per heavy atom. The second-order valence-corrected chi connectivity index (χ2v) is 33.0. The molecule has 0 N–H and O–H groups in total. The Balaban J connectivity index is 1.14. The highest BCUT2D eigenvalue weighted by Crippen LogP contribution is 2.57. The van der Waals surface area contributed by atoms with E-state index in [4.69, 9.17) is 0 Å². The number of nitrogens with zero attached hydrogens (tertiary/aromatic N) is 3. The lowest BCUT2D eigenvalue weighted by Crippen LogP contribution is -2.61. The number of aryl methyl sites for hydroxylation is 2. The van der Waals surface area contributed by atoms with E-state index >= 15 is 0 Å². The first-order valence-corrected chi connectivity index (χ1v) is 32.1. The lowest BCUT2D eigenvalue weighted by Gasteiger charge is -2.48. The van der Waals surface area contributed by atoms with E-state index in [-0.39, 0.29) is 50.0 Å². The summed E-state index contributed by atoms with van der Waals surface area (Å²) >= 11 is 0. The van der Waals surface area contributed by atoms with Crippen LogP contribution in [0.3, 0.4) is 0 Å². The van der Waals surface area contributed by atoms with E-state index in [1.807, 2.05) is 0 Å². The summed E-state index contributed by atoms with van der Waals surface area (Å²) in [5, 5.41) is 0. The highest BCUT2D eigenvalue weighted by molar-refractivity contribution is 7.00. The average molecular weight is 1120 g/mol. The van der Waals surface area contributed by atoms with Gasteiger partial charge in [0.1, 0.15) is 0 Å². The zero-order valence-corrected chi connectivity index (χ0v) is 55.5. The minimum absolute atomic E-state index is 0.0119. The summed E-state index contributed by atoms with van der Waals surface area (Å²) in [7, 11) is 0. The summed E-state index contributed by atoms with van der Waals surface area (Å²) in [6.07, 6.45) is 4.67. The Labute approximate surface area is 512 Å². The van der Waals surface area contributed by atoms with Crippen LogP contribution in [0.25, 0.3) is 11.1 Å². The standard InChI is InChI=1S/C81H94BN3/c1-49-41-51(74(3,4)5)29-35-66(49)83(67-36-30-52(42-50(67)2)75(6,7)8)54-32-34-64-70(46-54)85(55-43-57-56-25-22-23-26-58(56)81(20,21)72(57)63(45-55)76(9,10)11)69-28-24-27-68-73(69)82(64)65-47-61-62(80(18,19)40-39-79(61,16)17)48-71(65)84(68)53-31-33-59-60(44-53)78(14,15)38-37-77(59,12)13/h22-36,41-48H,37-40H2,1-21H3. The molecule has 3 nitrogen and oxygen atoms in total. The van der Waals surface area contributed by atoms with Crippen LogP contribution < -0.4 is 31.1 Å². The Hall–Kier alpha value is -6.78. The van der Waals surface area contributed by atoms with Crippen molar-refractivity contribution < 1.29 is 0 Å². The molecule has 0 amide bonds. The van der Waals surface area contributed by atoms with Crippen molar-refractivity contribution in [1.82, 2.24) is 0 Å². The Morgan fingerprint density at radius 1 is 0.400 bits per heavy atom. The molecule has 4 heteroatoms. The van der Waals surface area contributed by atoms with Gasteiger partial charge < -0.3 is 14.7 Å². The van der Waals surface area contributed by atoms with E-state index in [2.05, 4.69) is 300 Å². The number of rotatable bonds is 5. The van der Waals surface area contributed by atoms with Crippen LogP contribution in [0.5, 0.6) is 0 Å². The van der Waals surface area contributed by atoms with Gasteiger partial charge in [0, 0.05) is 56.6 Å². The van der Waals surface area contributed by atoms with Gasteiger partial charge in [-0.25, -0.2) is 0 Å². The number of anilines is 9. The highest BCUT2D eigenvalue weighted by atomic mass is 15.2. The van der Waals surface area contributed by atoms with Crippen LogP contribution in [0.4, 0.5) is 51.2 Å². The Morgan fingerprint density at radius 3 is 1.47 bits per heavy atom. The third kappa shape index (κ3) is 8.85. The van der Waals surface area contributed by atoms with Gasteiger partial charge in [-0.15, -0.1) is 0 Å². The van der Waals surface area contributed by atoms with E-state index in [1.54, 1.807) is 0 Å². The smallest absolute Gasteiger partial charge is 0.252 e. The summed E-state index contributed by atoms with van der Waals surface area (Å²) < 4.78 is 0. The first-order chi connectivity index (χ1) is 39.6. The van der Waals surface area contributed by atoms with Crippen molar-refractivity contribution in [2.24, 2.45) is 0 Å². The molecular weight excluding hydrogens is 1030 g/mol. The summed E-state index contributed by atoms with van der Waals surface area (Å²) in [5.74, 6) is 0. The lowest BCUT2D eigenvalue weighted by molar-refractivity contribution is 0.332. The van der Waals surface area contributed by atoms with Gasteiger partial charge in [0.2, 0.25) is 0 Å². The average Bonchev–Trinajstić information content (AvgIpc) is 1.40. The molecule has 2 heterocycles. The van der Waals surface area contributed by atoms with Gasteiger partial charge in [0.15, 0.2) is 0 Å². The van der Waals surface area contributed by atoms with Gasteiger partial charge in [-0.2, -0.15) is 0 Å². The Kier molecular flexibility index (Phi) is 12.6. The van der Waals surface area contributed by atoms with Crippen LogP contribution >= 0.6 is 0 Å². The number of hydrogen-bond acceptors (Lipinski definition) is 3. The molecule has 0 saturated heterocycles. The van der Waals surface area contributed by atoms with Crippen molar-refractivity contribution >= 4 is 74.3 Å². The molecule has 0 spiro atoms. The van der Waals surface area contributed by atoms with Crippen molar-refractivity contribution in [3.8, 4) is 11.1 Å². The predicted molar refractivity (Wildman–Crippen MR) is 369 cm³/mol. The monoisotopic (exact) mass is 1120 g/mol. The number of benzene rings is 8. The molecule has 8 aromatic rings. The number of hydrogen-bond donors (Lipinski definition) is 0. The molecule has 0 atom stereocenters. The van der Waals surface area contributed by atoms with Crippen molar-refractivity contribution in [3.63, 3.8) is 0 Å². The van der Waals surface area contributed by atoms with Crippen LogP contribution in [-0.2, 0) is 43.3 Å². The molecule has 5 aliphatic rings. The summed E-state index contributed by atoms with van der Waals surface area (Å²) in [4.78, 5) is 7.98. The molecule has 13 rings (SSSR count). The lowest BCUT2D eigenvalue weighted by atomic mass is 9.33. The molecule has 0 radical (unpaired) electrons. The fourth-order valence-electron chi connectivity index (χ4n) is 16.2. The van der Waals surface area contributed by atoms with Gasteiger partial charge in [0.25, 0.3) is 6.71 Å². The summed E-state index contributed by atoms with van der Waals surface area (Å²) in [6, 6.07) is 56.6. The van der Waals surface area contributed by atoms with Gasteiger partial charge in [0.05, 0.1) is 0 Å². The van der Waals surface area contributed by atoms with Crippen LogP contribution in [-0.4, -0.2) is 6.71 Å². The van der Waals surface area contributed by atoms with Crippen molar-refractivity contribution in [2.75, 3.05) is 14.7 Å². The molecular formula is C81H94BN3. The van der Waals surface area contributed by atoms with Crippen molar-refractivity contribution in [2.45, 2.75) is 214 Å². The summed E-state index contributed by atoms with van der Waals surface area (Å²) in [6.45, 7) is 50.6. The maximum Gasteiger partial charge on any atom is 0.252 e. The third-order valence-corrected chi connectivity index (χ3v) is 21.6. The largest absolute Gasteiger partial charge is 0.311 e. The normalized spacial score (nSPS) is 18.2. The zero-order valence-electron chi connectivity index (χ0n) is 55.5. The molecule has 0 saturated carbocycles. The SMILES string of the molecule is Cc1cc(C(C)(C)C)ccc1N(c1ccc2c(c1)N(c1cc3c(c(C(C)(C)C)c1)C(C)(C)c1ccccc1-3)c1cccc3c1B2c1cc2c(cc1N3c1ccc3c(c1)C(C)(C)CCC3(C)C)C(C)(C)CCC2(C)C)c1ccc(C(C)(C)C)cc1C. The van der Waals surface area contributed by atoms with Crippen LogP contribution in [0, 0.1) is 13.8 Å². The topological polar surface area (TPSA) is 9.72 Å². The molecule has 0 fully saturated rings. The summed E-state index contributed by atoms with van der Waals surface area (Å²) in [5.41, 5.74) is 33.2. The molecule has 0 aromatic heterocycles. The van der Waals surface area contributed by atoms with Crippen LogP contribution in [0.15, 0.2) is 140 Å². The number of fused-ring (bicyclic) bond motifs is 9. The molecule has 3 aliphatic carbocycles. The zero-order chi connectivity index (χ0) is 60.8. The Bertz CT molecular complexity index is 4040. The minimum Gasteiger partial charge on any atom is -0.311 e. The van der Waals surface area contributed by atoms with Gasteiger partial charge in [-0.05, 0) is 233 Å². The maximum absolute atomic E-state index is 2.71. The van der Waals surface area contributed by atoms with Gasteiger partial charge >= 0.3 is 0 Å². The molecule has 436 valence electrons. The molecule has 0 bridgehead atoms. The first-order valence-electron chi connectivity index (χ1n) is 32.1. The van der Waals surface area contributed by atoms with Crippen LogP contribution in [0.2, 0.25) is 0 Å². The highest BCUT2D eigenvalue weighted by Gasteiger charge is 2.49. The molecule has 2 aliphatic heterocycles. The van der Waals surface area contributed by atoms with E-state index < -0.39 is 0 Å². The van der Waals surface area contributed by atoms with Crippen molar-refractivity contribution in [3.05, 3.63) is 201 Å². The fourth-order valence-corrected chi connectivity index (χ4v) is 16.2. The molecule has 85 heavy (non-hydrogen) atoms. The fraction of sp³-hybridized carbons (Fsp3) is 0.407. The third-order valence-electron chi connectivity index (χ3n) is 21.6. The predicted octanol–water partition coefficient (Wildman–Crippen LogP) is 20.8. The van der Waals surface area contributed by atoms with Gasteiger partial charge in [-0.3, -0.25) is 0 Å².